The van der Waals surface area contributed by atoms with Crippen molar-refractivity contribution in [1.29, 1.82) is 0 Å². The van der Waals surface area contributed by atoms with Crippen molar-refractivity contribution in [1.82, 2.24) is 10.2 Å². The number of carbonyl (C=O) groups excluding carboxylic acids is 1. The maximum absolute atomic E-state index is 11.4. The molecule has 7 heteroatoms. The van der Waals surface area contributed by atoms with E-state index in [1.54, 1.807) is 6.20 Å². The van der Waals surface area contributed by atoms with Gasteiger partial charge in [0.05, 0.1) is 19.0 Å². The Bertz CT molecular complexity index is 750. The van der Waals surface area contributed by atoms with Crippen LogP contribution in [0.5, 0.6) is 0 Å². The Balaban J connectivity index is 1.99. The molecule has 3 rings (SSSR count). The quantitative estimate of drug-likeness (QED) is 0.735. The van der Waals surface area contributed by atoms with Crippen molar-refractivity contribution in [3.05, 3.63) is 36.2 Å². The van der Waals surface area contributed by atoms with Gasteiger partial charge in [0, 0.05) is 35.1 Å². The topological polar surface area (TPSA) is 102 Å². The average molecular weight is 341 g/mol. The number of aromatic nitrogens is 2. The molecule has 2 heterocycles. The molecule has 2 bridgehead atoms. The monoisotopic (exact) mass is 341 g/mol. The van der Waals surface area contributed by atoms with Crippen LogP contribution in [0.4, 0.5) is 16.2 Å². The Hall–Kier alpha value is -2.67. The van der Waals surface area contributed by atoms with Crippen molar-refractivity contribution in [2.24, 2.45) is 5.73 Å². The van der Waals surface area contributed by atoms with E-state index in [0.29, 0.717) is 5.69 Å². The highest BCUT2D eigenvalue weighted by Gasteiger charge is 2.14. The van der Waals surface area contributed by atoms with Crippen LogP contribution in [-0.4, -0.2) is 29.9 Å². The summed E-state index contributed by atoms with van der Waals surface area (Å²) >= 11 is 0. The van der Waals surface area contributed by atoms with Crippen LogP contribution >= 0.6 is 0 Å². The van der Waals surface area contributed by atoms with Crippen LogP contribution in [0.1, 0.15) is 37.4 Å². The summed E-state index contributed by atoms with van der Waals surface area (Å²) < 4.78 is 4.65. The molecule has 1 unspecified atom stereocenters. The number of nitrogens with one attached hydrogen (secondary N) is 2. The summed E-state index contributed by atoms with van der Waals surface area (Å²) in [5.74, 6) is 0. The number of methoxy groups -OCH3 is 1. The first-order valence-corrected chi connectivity index (χ1v) is 8.49. The summed E-state index contributed by atoms with van der Waals surface area (Å²) in [6, 6.07) is 7.59. The number of amides is 1. The number of benzene rings is 1. The molecule has 0 saturated heterocycles. The average Bonchev–Trinajstić information content (AvgIpc) is 2.63. The molecule has 0 fully saturated rings. The Morgan fingerprint density at radius 1 is 1.32 bits per heavy atom. The lowest BCUT2D eigenvalue weighted by Gasteiger charge is -2.17. The van der Waals surface area contributed by atoms with Crippen LogP contribution in [0.25, 0.3) is 11.1 Å². The number of hydrogen-bond donors (Lipinski definition) is 3. The largest absolute Gasteiger partial charge is 0.453 e. The predicted octanol–water partition coefficient (Wildman–Crippen LogP) is 3.31. The number of nitrogens with two attached hydrogens (primary N) is 1. The number of hydrogen-bond acceptors (Lipinski definition) is 6. The fraction of sp³-hybridized carbons (Fsp3) is 0.389. The highest BCUT2D eigenvalue weighted by atomic mass is 16.5. The highest BCUT2D eigenvalue weighted by Crippen LogP contribution is 2.32. The van der Waals surface area contributed by atoms with E-state index in [2.05, 4.69) is 25.6 Å². The van der Waals surface area contributed by atoms with Crippen LogP contribution < -0.4 is 16.4 Å². The van der Waals surface area contributed by atoms with Gasteiger partial charge in [-0.15, -0.1) is 0 Å². The Morgan fingerprint density at radius 3 is 3.04 bits per heavy atom. The third-order valence-electron chi connectivity index (χ3n) is 4.32. The van der Waals surface area contributed by atoms with Crippen LogP contribution in [0.15, 0.2) is 30.5 Å². The minimum Gasteiger partial charge on any atom is -0.453 e. The van der Waals surface area contributed by atoms with E-state index < -0.39 is 6.09 Å². The second-order valence-corrected chi connectivity index (χ2v) is 6.13. The molecule has 25 heavy (non-hydrogen) atoms. The van der Waals surface area contributed by atoms with E-state index in [9.17, 15) is 4.79 Å². The molecule has 1 aromatic carbocycles. The van der Waals surface area contributed by atoms with Gasteiger partial charge in [0.1, 0.15) is 0 Å². The van der Waals surface area contributed by atoms with Gasteiger partial charge in [-0.05, 0) is 31.0 Å². The number of nitrogens with zero attached hydrogens (tertiary/aromatic N) is 2. The van der Waals surface area contributed by atoms with Gasteiger partial charge in [-0.1, -0.05) is 18.9 Å². The number of carbonyl (C=O) groups is 1. The third kappa shape index (κ3) is 4.24. The molecule has 0 aliphatic carbocycles. The summed E-state index contributed by atoms with van der Waals surface area (Å²) in [5.41, 5.74) is 10.6. The van der Waals surface area contributed by atoms with E-state index in [4.69, 9.17) is 5.73 Å². The summed E-state index contributed by atoms with van der Waals surface area (Å²) in [4.78, 5) is 11.4. The smallest absolute Gasteiger partial charge is 0.411 e. The third-order valence-corrected chi connectivity index (χ3v) is 4.32. The molecular formula is C18H23N5O2. The van der Waals surface area contributed by atoms with E-state index >= 15 is 0 Å². The summed E-state index contributed by atoms with van der Waals surface area (Å²) in [6.07, 6.45) is 5.37. The van der Waals surface area contributed by atoms with Crippen molar-refractivity contribution < 1.29 is 9.53 Å². The lowest BCUT2D eigenvalue weighted by atomic mass is 10.00. The maximum atomic E-state index is 11.4. The van der Waals surface area contributed by atoms with Gasteiger partial charge in [0.15, 0.2) is 0 Å². The molecule has 0 radical (unpaired) electrons. The molecule has 1 aliphatic heterocycles. The fourth-order valence-corrected chi connectivity index (χ4v) is 2.94. The normalized spacial score (nSPS) is 17.3. The minimum atomic E-state index is -0.494. The van der Waals surface area contributed by atoms with Gasteiger partial charge < -0.3 is 15.8 Å². The Labute approximate surface area is 147 Å². The van der Waals surface area contributed by atoms with Crippen LogP contribution in [0.3, 0.4) is 0 Å². The van der Waals surface area contributed by atoms with Gasteiger partial charge in [-0.2, -0.15) is 10.2 Å². The highest BCUT2D eigenvalue weighted by molar-refractivity contribution is 5.88. The number of ether oxygens (including phenoxy) is 1. The van der Waals surface area contributed by atoms with Gasteiger partial charge >= 0.3 is 6.09 Å². The lowest BCUT2D eigenvalue weighted by Crippen LogP contribution is -2.14. The number of fused-ring (bicyclic) bond motifs is 4. The molecule has 1 amide bonds. The molecule has 132 valence electrons. The second kappa shape index (κ2) is 7.94. The SMILES string of the molecule is COC(=O)Nc1ccc2c(c1)NCCCCCC(N)c1cc-2cnn1. The first kappa shape index (κ1) is 17.2. The molecule has 7 nitrogen and oxygen atoms in total. The molecular weight excluding hydrogens is 318 g/mol. The summed E-state index contributed by atoms with van der Waals surface area (Å²) in [5, 5.41) is 14.5. The van der Waals surface area contributed by atoms with E-state index in [1.165, 1.54) is 7.11 Å². The van der Waals surface area contributed by atoms with Crippen molar-refractivity contribution in [2.45, 2.75) is 31.7 Å². The van der Waals surface area contributed by atoms with Crippen molar-refractivity contribution in [3.63, 3.8) is 0 Å². The van der Waals surface area contributed by atoms with Gasteiger partial charge in [0.2, 0.25) is 0 Å². The molecule has 1 aliphatic rings. The number of anilines is 2. The van der Waals surface area contributed by atoms with Crippen molar-refractivity contribution in [3.8, 4) is 11.1 Å². The zero-order valence-electron chi connectivity index (χ0n) is 14.3. The molecule has 0 saturated carbocycles. The predicted molar refractivity (Wildman–Crippen MR) is 97.4 cm³/mol. The van der Waals surface area contributed by atoms with E-state index in [1.807, 2.05) is 24.3 Å². The molecule has 0 spiro atoms. The Morgan fingerprint density at radius 2 is 2.20 bits per heavy atom. The fourth-order valence-electron chi connectivity index (χ4n) is 2.94. The van der Waals surface area contributed by atoms with E-state index in [-0.39, 0.29) is 6.04 Å². The summed E-state index contributed by atoms with van der Waals surface area (Å²) in [6.45, 7) is 0.856. The van der Waals surface area contributed by atoms with Crippen LogP contribution in [0.2, 0.25) is 0 Å². The molecule has 4 N–H and O–H groups in total. The van der Waals surface area contributed by atoms with Gasteiger partial charge in [-0.3, -0.25) is 5.32 Å². The zero-order valence-corrected chi connectivity index (χ0v) is 14.3. The maximum Gasteiger partial charge on any atom is 0.411 e. The molecule has 1 atom stereocenters. The van der Waals surface area contributed by atoms with Gasteiger partial charge in [0.25, 0.3) is 0 Å². The van der Waals surface area contributed by atoms with Crippen molar-refractivity contribution in [2.75, 3.05) is 24.3 Å². The molecule has 2 aromatic rings. The first-order chi connectivity index (χ1) is 12.2. The summed E-state index contributed by atoms with van der Waals surface area (Å²) in [7, 11) is 1.34. The van der Waals surface area contributed by atoms with Gasteiger partial charge in [-0.25, -0.2) is 4.79 Å². The Kier molecular flexibility index (Phi) is 5.45. The standard InChI is InChI=1S/C18H23N5O2/c1-25-18(24)22-13-6-7-14-12-9-17(23-21-11-12)15(19)5-3-2-4-8-20-16(14)10-13/h6-7,9-11,15,20H,2-5,8,19H2,1H3,(H,22,24). The second-order valence-electron chi connectivity index (χ2n) is 6.13. The minimum absolute atomic E-state index is 0.0939. The van der Waals surface area contributed by atoms with E-state index in [0.717, 1.165) is 54.7 Å². The number of rotatable bonds is 1. The molecule has 1 aromatic heterocycles. The zero-order chi connectivity index (χ0) is 17.6. The van der Waals surface area contributed by atoms with Crippen LogP contribution in [-0.2, 0) is 4.74 Å². The van der Waals surface area contributed by atoms with Crippen LogP contribution in [0, 0.1) is 0 Å². The lowest BCUT2D eigenvalue weighted by molar-refractivity contribution is 0.187. The first-order valence-electron chi connectivity index (χ1n) is 8.49. The van der Waals surface area contributed by atoms with Crippen molar-refractivity contribution >= 4 is 17.5 Å².